The van der Waals surface area contributed by atoms with Gasteiger partial charge in [-0.2, -0.15) is 0 Å². The van der Waals surface area contributed by atoms with Crippen LogP contribution in [-0.4, -0.2) is 23.9 Å². The molecule has 0 aromatic heterocycles. The normalized spacial score (nSPS) is 13.7. The summed E-state index contributed by atoms with van der Waals surface area (Å²) in [5.41, 5.74) is 8.24. The number of hydrogen-bond donors (Lipinski definition) is 2. The minimum absolute atomic E-state index is 0.190. The summed E-state index contributed by atoms with van der Waals surface area (Å²) in [5, 5.41) is 10.1. The van der Waals surface area contributed by atoms with E-state index in [4.69, 9.17) is 10.5 Å². The number of hydrogen-bond acceptors (Lipinski definition) is 3. The first-order valence-corrected chi connectivity index (χ1v) is 7.72. The zero-order chi connectivity index (χ0) is 15.2. The Kier molecular flexibility index (Phi) is 5.79. The molecular weight excluding hydrogens is 330 g/mol. The molecule has 0 saturated heterocycles. The predicted molar refractivity (Wildman–Crippen MR) is 88.5 cm³/mol. The maximum absolute atomic E-state index is 10.1. The number of aliphatic hydroxyl groups excluding tert-OH is 1. The third-order valence-corrected chi connectivity index (χ3v) is 4.25. The van der Waals surface area contributed by atoms with E-state index < -0.39 is 6.10 Å². The molecule has 2 rings (SSSR count). The van der Waals surface area contributed by atoms with Gasteiger partial charge in [0.05, 0.1) is 0 Å². The molecule has 0 fully saturated rings. The van der Waals surface area contributed by atoms with E-state index in [1.54, 1.807) is 0 Å². The van der Waals surface area contributed by atoms with Crippen LogP contribution in [0.1, 0.15) is 11.1 Å². The molecule has 3 N–H and O–H groups in total. The predicted octanol–water partition coefficient (Wildman–Crippen LogP) is 3.07. The number of benzene rings is 2. The fourth-order valence-electron chi connectivity index (χ4n) is 2.03. The Hall–Kier alpha value is -1.36. The lowest BCUT2D eigenvalue weighted by atomic mass is 10.0. The standard InChI is InChI=1S/C17H20BrNO2/c1-12-9-14(7-8-15(12)18)21-11-17(20)16(19)10-13-5-3-2-4-6-13/h2-9,16-17,20H,10-11,19H2,1H3. The topological polar surface area (TPSA) is 55.5 Å². The first kappa shape index (κ1) is 16.0. The molecule has 0 heterocycles. The van der Waals surface area contributed by atoms with Crippen LogP contribution in [0, 0.1) is 6.92 Å². The molecule has 2 atom stereocenters. The van der Waals surface area contributed by atoms with Gasteiger partial charge in [0, 0.05) is 10.5 Å². The summed E-state index contributed by atoms with van der Waals surface area (Å²) in [6.45, 7) is 2.18. The fraction of sp³-hybridized carbons (Fsp3) is 0.294. The van der Waals surface area contributed by atoms with Crippen LogP contribution in [-0.2, 0) is 6.42 Å². The van der Waals surface area contributed by atoms with Gasteiger partial charge in [-0.25, -0.2) is 0 Å². The van der Waals surface area contributed by atoms with Crippen molar-refractivity contribution >= 4 is 15.9 Å². The molecule has 3 nitrogen and oxygen atoms in total. The molecule has 112 valence electrons. The average molecular weight is 350 g/mol. The van der Waals surface area contributed by atoms with Crippen molar-refractivity contribution in [2.45, 2.75) is 25.5 Å². The molecule has 2 aromatic rings. The van der Waals surface area contributed by atoms with Crippen LogP contribution in [0.5, 0.6) is 5.75 Å². The quantitative estimate of drug-likeness (QED) is 0.842. The van der Waals surface area contributed by atoms with Crippen molar-refractivity contribution in [2.24, 2.45) is 5.73 Å². The summed E-state index contributed by atoms with van der Waals surface area (Å²) < 4.78 is 6.65. The minimum atomic E-state index is -0.700. The number of aryl methyl sites for hydroxylation is 1. The van der Waals surface area contributed by atoms with Gasteiger partial charge < -0.3 is 15.6 Å². The van der Waals surface area contributed by atoms with Crippen LogP contribution < -0.4 is 10.5 Å². The lowest BCUT2D eigenvalue weighted by Crippen LogP contribution is -2.40. The van der Waals surface area contributed by atoms with Crippen molar-refractivity contribution in [3.8, 4) is 5.75 Å². The first-order valence-electron chi connectivity index (χ1n) is 6.93. The summed E-state index contributed by atoms with van der Waals surface area (Å²) in [4.78, 5) is 0. The average Bonchev–Trinajstić information content (AvgIpc) is 2.49. The number of halogens is 1. The molecule has 21 heavy (non-hydrogen) atoms. The molecule has 2 aromatic carbocycles. The zero-order valence-corrected chi connectivity index (χ0v) is 13.6. The summed E-state index contributed by atoms with van der Waals surface area (Å²) in [5.74, 6) is 0.738. The second-order valence-corrected chi connectivity index (χ2v) is 6.00. The molecule has 0 radical (unpaired) electrons. The Bertz CT molecular complexity index is 574. The maximum Gasteiger partial charge on any atom is 0.119 e. The summed E-state index contributed by atoms with van der Waals surface area (Å²) in [6, 6.07) is 15.3. The fourth-order valence-corrected chi connectivity index (χ4v) is 2.28. The number of rotatable bonds is 6. The molecule has 2 unspecified atom stereocenters. The van der Waals surface area contributed by atoms with Gasteiger partial charge in [0.2, 0.25) is 0 Å². The molecule has 0 aliphatic heterocycles. The minimum Gasteiger partial charge on any atom is -0.491 e. The van der Waals surface area contributed by atoms with E-state index in [1.165, 1.54) is 0 Å². The lowest BCUT2D eigenvalue weighted by molar-refractivity contribution is 0.0851. The SMILES string of the molecule is Cc1cc(OCC(O)C(N)Cc2ccccc2)ccc1Br. The summed E-state index contributed by atoms with van der Waals surface area (Å²) in [7, 11) is 0. The highest BCUT2D eigenvalue weighted by Gasteiger charge is 2.16. The second-order valence-electron chi connectivity index (χ2n) is 5.14. The van der Waals surface area contributed by atoms with E-state index in [0.717, 1.165) is 21.3 Å². The van der Waals surface area contributed by atoms with E-state index in [2.05, 4.69) is 15.9 Å². The van der Waals surface area contributed by atoms with Gasteiger partial charge >= 0.3 is 0 Å². The number of nitrogens with two attached hydrogens (primary N) is 1. The van der Waals surface area contributed by atoms with Gasteiger partial charge in [-0.05, 0) is 42.7 Å². The summed E-state index contributed by atoms with van der Waals surface area (Å²) in [6.07, 6.45) is -0.0702. The molecule has 0 amide bonds. The highest BCUT2D eigenvalue weighted by molar-refractivity contribution is 9.10. The number of ether oxygens (including phenoxy) is 1. The van der Waals surface area contributed by atoms with Crippen molar-refractivity contribution in [3.05, 3.63) is 64.1 Å². The van der Waals surface area contributed by atoms with E-state index in [9.17, 15) is 5.11 Å². The Balaban J connectivity index is 1.86. The smallest absolute Gasteiger partial charge is 0.119 e. The lowest BCUT2D eigenvalue weighted by Gasteiger charge is -2.19. The van der Waals surface area contributed by atoms with Crippen molar-refractivity contribution in [1.82, 2.24) is 0 Å². The van der Waals surface area contributed by atoms with Crippen LogP contribution in [0.25, 0.3) is 0 Å². The largest absolute Gasteiger partial charge is 0.491 e. The van der Waals surface area contributed by atoms with Gasteiger partial charge in [-0.15, -0.1) is 0 Å². The molecule has 0 bridgehead atoms. The van der Waals surface area contributed by atoms with Gasteiger partial charge in [0.15, 0.2) is 0 Å². The highest BCUT2D eigenvalue weighted by Crippen LogP contribution is 2.21. The van der Waals surface area contributed by atoms with Crippen molar-refractivity contribution in [3.63, 3.8) is 0 Å². The maximum atomic E-state index is 10.1. The Labute approximate surface area is 133 Å². The van der Waals surface area contributed by atoms with Crippen LogP contribution in [0.15, 0.2) is 53.0 Å². The van der Waals surface area contributed by atoms with Crippen molar-refractivity contribution in [2.75, 3.05) is 6.61 Å². The van der Waals surface area contributed by atoms with Gasteiger partial charge in [-0.1, -0.05) is 46.3 Å². The molecule has 0 saturated carbocycles. The van der Waals surface area contributed by atoms with Crippen LogP contribution >= 0.6 is 15.9 Å². The molecular formula is C17H20BrNO2. The second kappa shape index (κ2) is 7.59. The van der Waals surface area contributed by atoms with Gasteiger partial charge in [0.1, 0.15) is 18.5 Å². The third kappa shape index (κ3) is 4.84. The molecule has 0 spiro atoms. The molecule has 4 heteroatoms. The molecule has 0 aliphatic rings. The van der Waals surface area contributed by atoms with Crippen LogP contribution in [0.2, 0.25) is 0 Å². The molecule has 0 aliphatic carbocycles. The highest BCUT2D eigenvalue weighted by atomic mass is 79.9. The van der Waals surface area contributed by atoms with Crippen LogP contribution in [0.4, 0.5) is 0 Å². The van der Waals surface area contributed by atoms with Crippen molar-refractivity contribution in [1.29, 1.82) is 0 Å². The third-order valence-electron chi connectivity index (χ3n) is 3.36. The van der Waals surface area contributed by atoms with E-state index >= 15 is 0 Å². The van der Waals surface area contributed by atoms with Gasteiger partial charge in [-0.3, -0.25) is 0 Å². The van der Waals surface area contributed by atoms with E-state index in [1.807, 2.05) is 55.5 Å². The zero-order valence-electron chi connectivity index (χ0n) is 12.0. The van der Waals surface area contributed by atoms with Crippen molar-refractivity contribution < 1.29 is 9.84 Å². The Morgan fingerprint density at radius 2 is 1.90 bits per heavy atom. The van der Waals surface area contributed by atoms with E-state index in [-0.39, 0.29) is 12.6 Å². The number of aliphatic hydroxyl groups is 1. The summed E-state index contributed by atoms with van der Waals surface area (Å²) >= 11 is 3.44. The van der Waals surface area contributed by atoms with Crippen LogP contribution in [0.3, 0.4) is 0 Å². The monoisotopic (exact) mass is 349 g/mol. The first-order chi connectivity index (χ1) is 10.1. The Morgan fingerprint density at radius 3 is 2.57 bits per heavy atom. The Morgan fingerprint density at radius 1 is 1.19 bits per heavy atom. The van der Waals surface area contributed by atoms with Gasteiger partial charge in [0.25, 0.3) is 0 Å². The van der Waals surface area contributed by atoms with E-state index in [0.29, 0.717) is 6.42 Å².